The highest BCUT2D eigenvalue weighted by atomic mass is 32.2. The smallest absolute Gasteiger partial charge is 0.243 e. The lowest BCUT2D eigenvalue weighted by atomic mass is 10.2. The first-order valence-corrected chi connectivity index (χ1v) is 9.25. The SMILES string of the molecule is Cc1ccc(S(=O)(=O)N(C)CC(=O)Nc2ccccc2N(C)C)cc1. The van der Waals surface area contributed by atoms with Gasteiger partial charge in [-0.25, -0.2) is 8.42 Å². The van der Waals surface area contributed by atoms with Gasteiger partial charge in [0.05, 0.1) is 22.8 Å². The number of anilines is 2. The molecule has 0 saturated heterocycles. The molecule has 0 bridgehead atoms. The standard InChI is InChI=1S/C18H23N3O3S/c1-14-9-11-15(12-10-14)25(23,24)21(4)13-18(22)19-16-7-5-6-8-17(16)20(2)3/h5-12H,13H2,1-4H3,(H,19,22). The fourth-order valence-electron chi connectivity index (χ4n) is 2.34. The van der Waals surface area contributed by atoms with Gasteiger partial charge in [-0.3, -0.25) is 4.79 Å². The molecule has 0 unspecified atom stereocenters. The molecule has 0 spiro atoms. The second-order valence-electron chi connectivity index (χ2n) is 6.03. The summed E-state index contributed by atoms with van der Waals surface area (Å²) >= 11 is 0. The number of sulfonamides is 1. The maximum atomic E-state index is 12.5. The Balaban J connectivity index is 2.11. The molecule has 0 atom stereocenters. The zero-order chi connectivity index (χ0) is 18.6. The van der Waals surface area contributed by atoms with Crippen molar-refractivity contribution >= 4 is 27.3 Å². The first kappa shape index (κ1) is 19.0. The Morgan fingerprint density at radius 2 is 1.60 bits per heavy atom. The van der Waals surface area contributed by atoms with E-state index in [1.54, 1.807) is 30.3 Å². The molecule has 25 heavy (non-hydrogen) atoms. The van der Waals surface area contributed by atoms with Crippen LogP contribution in [-0.4, -0.2) is 46.3 Å². The number of rotatable bonds is 6. The lowest BCUT2D eigenvalue weighted by molar-refractivity contribution is -0.116. The number of benzene rings is 2. The Morgan fingerprint density at radius 3 is 2.20 bits per heavy atom. The molecule has 2 rings (SSSR count). The molecular formula is C18H23N3O3S. The van der Waals surface area contributed by atoms with E-state index >= 15 is 0 Å². The fourth-order valence-corrected chi connectivity index (χ4v) is 3.46. The second kappa shape index (κ2) is 7.67. The van der Waals surface area contributed by atoms with Crippen LogP contribution in [0.25, 0.3) is 0 Å². The van der Waals surface area contributed by atoms with Gasteiger partial charge in [0.1, 0.15) is 0 Å². The monoisotopic (exact) mass is 361 g/mol. The highest BCUT2D eigenvalue weighted by Crippen LogP contribution is 2.23. The van der Waals surface area contributed by atoms with Crippen LogP contribution in [0.15, 0.2) is 53.4 Å². The maximum absolute atomic E-state index is 12.5. The average Bonchev–Trinajstić information content (AvgIpc) is 2.55. The van der Waals surface area contributed by atoms with E-state index in [4.69, 9.17) is 0 Å². The van der Waals surface area contributed by atoms with Crippen molar-refractivity contribution in [2.45, 2.75) is 11.8 Å². The normalized spacial score (nSPS) is 11.4. The van der Waals surface area contributed by atoms with Crippen LogP contribution >= 0.6 is 0 Å². The third-order valence-electron chi connectivity index (χ3n) is 3.76. The number of para-hydroxylation sites is 2. The van der Waals surface area contributed by atoms with Crippen molar-refractivity contribution in [1.29, 1.82) is 0 Å². The number of likely N-dealkylation sites (N-methyl/N-ethyl adjacent to an activating group) is 1. The summed E-state index contributed by atoms with van der Waals surface area (Å²) in [5.74, 6) is -0.396. The Bertz CT molecular complexity index is 846. The third kappa shape index (κ3) is 4.58. The predicted octanol–water partition coefficient (Wildman–Crippen LogP) is 2.32. The molecule has 0 aromatic heterocycles. The van der Waals surface area contributed by atoms with Gasteiger partial charge in [0, 0.05) is 21.1 Å². The minimum absolute atomic E-state index is 0.169. The van der Waals surface area contributed by atoms with Crippen molar-refractivity contribution in [3.05, 3.63) is 54.1 Å². The molecule has 1 N–H and O–H groups in total. The summed E-state index contributed by atoms with van der Waals surface area (Å²) < 4.78 is 26.1. The van der Waals surface area contributed by atoms with E-state index in [1.807, 2.05) is 44.1 Å². The second-order valence-corrected chi connectivity index (χ2v) is 8.08. The first-order chi connectivity index (χ1) is 11.7. The lowest BCUT2D eigenvalue weighted by Crippen LogP contribution is -2.35. The summed E-state index contributed by atoms with van der Waals surface area (Å²) in [6, 6.07) is 13.9. The predicted molar refractivity (Wildman–Crippen MR) is 100 cm³/mol. The van der Waals surface area contributed by atoms with Gasteiger partial charge in [0.15, 0.2) is 0 Å². The molecular weight excluding hydrogens is 338 g/mol. The maximum Gasteiger partial charge on any atom is 0.243 e. The molecule has 0 aliphatic heterocycles. The Kier molecular flexibility index (Phi) is 5.81. The number of hydrogen-bond acceptors (Lipinski definition) is 4. The highest BCUT2D eigenvalue weighted by Gasteiger charge is 2.23. The zero-order valence-electron chi connectivity index (χ0n) is 14.9. The largest absolute Gasteiger partial charge is 0.376 e. The van der Waals surface area contributed by atoms with Crippen LogP contribution in [0.5, 0.6) is 0 Å². The third-order valence-corrected chi connectivity index (χ3v) is 5.57. The van der Waals surface area contributed by atoms with Gasteiger partial charge in [-0.1, -0.05) is 29.8 Å². The van der Waals surface area contributed by atoms with Gasteiger partial charge >= 0.3 is 0 Å². The molecule has 2 aromatic carbocycles. The summed E-state index contributed by atoms with van der Waals surface area (Å²) in [6.07, 6.45) is 0. The van der Waals surface area contributed by atoms with Crippen molar-refractivity contribution in [2.75, 3.05) is 37.9 Å². The summed E-state index contributed by atoms with van der Waals surface area (Å²) in [4.78, 5) is 14.3. The average molecular weight is 361 g/mol. The van der Waals surface area contributed by atoms with E-state index in [1.165, 1.54) is 7.05 Å². The molecule has 0 saturated carbocycles. The summed E-state index contributed by atoms with van der Waals surface area (Å²) in [5, 5.41) is 2.77. The molecule has 0 heterocycles. The van der Waals surface area contributed by atoms with Gasteiger partial charge in [-0.2, -0.15) is 4.31 Å². The molecule has 134 valence electrons. The van der Waals surface area contributed by atoms with Crippen molar-refractivity contribution in [3.63, 3.8) is 0 Å². The van der Waals surface area contributed by atoms with Crippen molar-refractivity contribution in [3.8, 4) is 0 Å². The summed E-state index contributed by atoms with van der Waals surface area (Å²) in [6.45, 7) is 1.62. The summed E-state index contributed by atoms with van der Waals surface area (Å²) in [5.41, 5.74) is 2.46. The molecule has 0 aliphatic rings. The molecule has 2 aromatic rings. The van der Waals surface area contributed by atoms with Crippen molar-refractivity contribution in [2.24, 2.45) is 0 Å². The lowest BCUT2D eigenvalue weighted by Gasteiger charge is -2.20. The number of carbonyl (C=O) groups excluding carboxylic acids is 1. The quantitative estimate of drug-likeness (QED) is 0.857. The Labute approximate surface area is 149 Å². The molecule has 0 fully saturated rings. The number of carbonyl (C=O) groups is 1. The molecule has 7 heteroatoms. The van der Waals surface area contributed by atoms with Crippen LogP contribution in [0.2, 0.25) is 0 Å². The first-order valence-electron chi connectivity index (χ1n) is 7.81. The number of nitrogens with zero attached hydrogens (tertiary/aromatic N) is 2. The van der Waals surface area contributed by atoms with Crippen molar-refractivity contribution in [1.82, 2.24) is 4.31 Å². The molecule has 0 radical (unpaired) electrons. The van der Waals surface area contributed by atoms with E-state index in [0.29, 0.717) is 5.69 Å². The minimum Gasteiger partial charge on any atom is -0.376 e. The number of nitrogens with one attached hydrogen (secondary N) is 1. The minimum atomic E-state index is -3.71. The molecule has 6 nitrogen and oxygen atoms in total. The Morgan fingerprint density at radius 1 is 1.00 bits per heavy atom. The Hall–Kier alpha value is -2.38. The zero-order valence-corrected chi connectivity index (χ0v) is 15.7. The van der Waals surface area contributed by atoms with Gasteiger partial charge in [0.2, 0.25) is 15.9 Å². The van der Waals surface area contributed by atoms with Gasteiger partial charge in [-0.05, 0) is 31.2 Å². The van der Waals surface area contributed by atoms with Crippen LogP contribution in [0, 0.1) is 6.92 Å². The van der Waals surface area contributed by atoms with Crippen LogP contribution in [-0.2, 0) is 14.8 Å². The van der Waals surface area contributed by atoms with E-state index in [-0.39, 0.29) is 11.4 Å². The van der Waals surface area contributed by atoms with E-state index in [2.05, 4.69) is 5.32 Å². The van der Waals surface area contributed by atoms with Crippen LogP contribution in [0.1, 0.15) is 5.56 Å². The van der Waals surface area contributed by atoms with Gasteiger partial charge in [0.25, 0.3) is 0 Å². The van der Waals surface area contributed by atoms with Gasteiger partial charge < -0.3 is 10.2 Å². The van der Waals surface area contributed by atoms with E-state index < -0.39 is 15.9 Å². The number of aryl methyl sites for hydroxylation is 1. The number of hydrogen-bond donors (Lipinski definition) is 1. The van der Waals surface area contributed by atoms with Crippen LogP contribution in [0.4, 0.5) is 11.4 Å². The van der Waals surface area contributed by atoms with Crippen LogP contribution in [0.3, 0.4) is 0 Å². The highest BCUT2D eigenvalue weighted by molar-refractivity contribution is 7.89. The van der Waals surface area contributed by atoms with Crippen molar-refractivity contribution < 1.29 is 13.2 Å². The fraction of sp³-hybridized carbons (Fsp3) is 0.278. The number of amides is 1. The summed E-state index contributed by atoms with van der Waals surface area (Å²) in [7, 11) is 1.44. The molecule has 1 amide bonds. The van der Waals surface area contributed by atoms with Crippen LogP contribution < -0.4 is 10.2 Å². The molecule has 0 aliphatic carbocycles. The van der Waals surface area contributed by atoms with Gasteiger partial charge in [-0.15, -0.1) is 0 Å². The van der Waals surface area contributed by atoms with E-state index in [9.17, 15) is 13.2 Å². The van der Waals surface area contributed by atoms with E-state index in [0.717, 1.165) is 15.6 Å². The topological polar surface area (TPSA) is 69.7 Å².